The van der Waals surface area contributed by atoms with E-state index in [1.165, 1.54) is 0 Å². The van der Waals surface area contributed by atoms with Gasteiger partial charge in [-0.25, -0.2) is 0 Å². The minimum Gasteiger partial charge on any atom is -0.857 e. The summed E-state index contributed by atoms with van der Waals surface area (Å²) in [7, 11) is 1.50. The van der Waals surface area contributed by atoms with E-state index in [2.05, 4.69) is 4.98 Å². The Morgan fingerprint density at radius 1 is 0.818 bits per heavy atom. The second-order valence-corrected chi connectivity index (χ2v) is 1.02. The molecule has 0 aromatic carbocycles. The van der Waals surface area contributed by atoms with Crippen molar-refractivity contribution in [3.63, 3.8) is 0 Å². The summed E-state index contributed by atoms with van der Waals surface area (Å²) in [6.45, 7) is 0. The van der Waals surface area contributed by atoms with Gasteiger partial charge in [0.1, 0.15) is 0 Å². The molecule has 67 valence electrons. The van der Waals surface area contributed by atoms with Gasteiger partial charge < -0.3 is 10.2 Å². The third-order valence-electron chi connectivity index (χ3n) is 0.566. The first kappa shape index (κ1) is 16.9. The summed E-state index contributed by atoms with van der Waals surface area (Å²) in [4.78, 5) is 3.78. The standard InChI is InChI=1S/C5H5N.2CH3O.Cu/c1-2-4-6-5-3-1;2*1-2;/h1-5H;2*1H3;/q;2*-1;+2. The second kappa shape index (κ2) is 22.6. The Bertz CT molecular complexity index is 88.4. The molecular weight excluding hydrogens is 194 g/mol. The largest absolute Gasteiger partial charge is 2.00 e. The van der Waals surface area contributed by atoms with Crippen molar-refractivity contribution < 1.29 is 27.3 Å². The second-order valence-electron chi connectivity index (χ2n) is 1.02. The molecule has 0 saturated heterocycles. The summed E-state index contributed by atoms with van der Waals surface area (Å²) < 4.78 is 0. The van der Waals surface area contributed by atoms with Gasteiger partial charge >= 0.3 is 17.1 Å². The van der Waals surface area contributed by atoms with E-state index in [1.807, 2.05) is 18.2 Å². The molecule has 1 heterocycles. The Morgan fingerprint density at radius 2 is 1.18 bits per heavy atom. The molecular formula is C7H11CuNO2. The molecule has 4 heteroatoms. The average Bonchev–Trinajstić information content (AvgIpc) is 2.14. The zero-order valence-corrected chi connectivity index (χ0v) is 7.39. The molecule has 0 N–H and O–H groups in total. The number of pyridine rings is 1. The summed E-state index contributed by atoms with van der Waals surface area (Å²) in [6.07, 6.45) is 3.50. The molecule has 0 unspecified atom stereocenters. The summed E-state index contributed by atoms with van der Waals surface area (Å²) in [5, 5.41) is 16.5. The SMILES string of the molecule is C[O-].C[O-].[Cu+2].c1ccncc1. The predicted molar refractivity (Wildman–Crippen MR) is 36.1 cm³/mol. The fourth-order valence-electron chi connectivity index (χ4n) is 0.313. The molecule has 0 amide bonds. The van der Waals surface area contributed by atoms with Gasteiger partial charge in [0.15, 0.2) is 0 Å². The number of hydrogen-bond donors (Lipinski definition) is 0. The Hall–Kier alpha value is -0.411. The van der Waals surface area contributed by atoms with Crippen LogP contribution >= 0.6 is 0 Å². The number of hydrogen-bond acceptors (Lipinski definition) is 3. The molecule has 0 aliphatic carbocycles. The van der Waals surface area contributed by atoms with E-state index >= 15 is 0 Å². The Balaban J connectivity index is -0.000000114. The zero-order valence-electron chi connectivity index (χ0n) is 6.45. The molecule has 0 aliphatic heterocycles. The minimum atomic E-state index is 0. The van der Waals surface area contributed by atoms with E-state index in [0.717, 1.165) is 14.2 Å². The van der Waals surface area contributed by atoms with Crippen LogP contribution in [0.5, 0.6) is 0 Å². The molecule has 1 aromatic rings. The third kappa shape index (κ3) is 17.7. The molecule has 0 aliphatic rings. The van der Waals surface area contributed by atoms with E-state index < -0.39 is 0 Å². The van der Waals surface area contributed by atoms with Gasteiger partial charge in [-0.05, 0) is 12.1 Å². The maximum atomic E-state index is 8.25. The van der Waals surface area contributed by atoms with Crippen LogP contribution in [0.1, 0.15) is 0 Å². The normalized spacial score (nSPS) is 5.45. The first-order chi connectivity index (χ1) is 5.00. The molecule has 0 saturated carbocycles. The van der Waals surface area contributed by atoms with Gasteiger partial charge in [0.2, 0.25) is 0 Å². The van der Waals surface area contributed by atoms with Gasteiger partial charge in [0.25, 0.3) is 0 Å². The van der Waals surface area contributed by atoms with Crippen LogP contribution in [-0.4, -0.2) is 19.2 Å². The van der Waals surface area contributed by atoms with E-state index in [0.29, 0.717) is 0 Å². The first-order valence-electron chi connectivity index (χ1n) is 2.67. The van der Waals surface area contributed by atoms with Crippen molar-refractivity contribution in [2.24, 2.45) is 0 Å². The van der Waals surface area contributed by atoms with Gasteiger partial charge in [-0.1, -0.05) is 6.07 Å². The topological polar surface area (TPSA) is 59.0 Å². The molecule has 1 aromatic heterocycles. The molecule has 0 fully saturated rings. The van der Waals surface area contributed by atoms with Crippen LogP contribution < -0.4 is 10.2 Å². The summed E-state index contributed by atoms with van der Waals surface area (Å²) in [6, 6.07) is 5.72. The van der Waals surface area contributed by atoms with Crippen molar-refractivity contribution in [3.05, 3.63) is 30.6 Å². The number of rotatable bonds is 0. The van der Waals surface area contributed by atoms with Gasteiger partial charge in [0, 0.05) is 12.4 Å². The zero-order chi connectivity index (χ0) is 8.24. The van der Waals surface area contributed by atoms with Crippen molar-refractivity contribution in [3.8, 4) is 0 Å². The molecule has 3 nitrogen and oxygen atoms in total. The summed E-state index contributed by atoms with van der Waals surface area (Å²) in [5.41, 5.74) is 0. The van der Waals surface area contributed by atoms with E-state index in [9.17, 15) is 0 Å². The molecule has 0 bridgehead atoms. The number of aromatic nitrogens is 1. The smallest absolute Gasteiger partial charge is 0.857 e. The van der Waals surface area contributed by atoms with Crippen molar-refractivity contribution in [1.82, 2.24) is 4.98 Å². The predicted octanol–water partition coefficient (Wildman–Crippen LogP) is -0.968. The van der Waals surface area contributed by atoms with Crippen LogP contribution in [0, 0.1) is 0 Å². The number of nitrogens with zero attached hydrogens (tertiary/aromatic N) is 1. The van der Waals surface area contributed by atoms with E-state index in [1.54, 1.807) is 12.4 Å². The van der Waals surface area contributed by atoms with Gasteiger partial charge in [-0.2, -0.15) is 14.2 Å². The maximum absolute atomic E-state index is 8.25. The minimum absolute atomic E-state index is 0. The van der Waals surface area contributed by atoms with Crippen molar-refractivity contribution in [2.45, 2.75) is 0 Å². The molecule has 1 radical (unpaired) electrons. The quantitative estimate of drug-likeness (QED) is 0.511. The van der Waals surface area contributed by atoms with Crippen LogP contribution in [0.4, 0.5) is 0 Å². The van der Waals surface area contributed by atoms with Crippen LogP contribution in [-0.2, 0) is 17.1 Å². The van der Waals surface area contributed by atoms with Gasteiger partial charge in [-0.3, -0.25) is 4.98 Å². The molecule has 0 spiro atoms. The van der Waals surface area contributed by atoms with Crippen LogP contribution in [0.3, 0.4) is 0 Å². The molecule has 1 rings (SSSR count). The monoisotopic (exact) mass is 204 g/mol. The summed E-state index contributed by atoms with van der Waals surface area (Å²) in [5.74, 6) is 0. The van der Waals surface area contributed by atoms with Crippen molar-refractivity contribution in [1.29, 1.82) is 0 Å². The Labute approximate surface area is 77.6 Å². The fourth-order valence-corrected chi connectivity index (χ4v) is 0.313. The molecule has 0 atom stereocenters. The van der Waals surface area contributed by atoms with Gasteiger partial charge in [0.05, 0.1) is 0 Å². The Kier molecular flexibility index (Phi) is 34.8. The summed E-state index contributed by atoms with van der Waals surface area (Å²) >= 11 is 0. The fraction of sp³-hybridized carbons (Fsp3) is 0.286. The third-order valence-corrected chi connectivity index (χ3v) is 0.566. The van der Waals surface area contributed by atoms with Crippen LogP contribution in [0.25, 0.3) is 0 Å². The Morgan fingerprint density at radius 3 is 1.27 bits per heavy atom. The van der Waals surface area contributed by atoms with Crippen LogP contribution in [0.15, 0.2) is 30.6 Å². The van der Waals surface area contributed by atoms with Crippen molar-refractivity contribution >= 4 is 0 Å². The van der Waals surface area contributed by atoms with E-state index in [-0.39, 0.29) is 17.1 Å². The average molecular weight is 205 g/mol. The first-order valence-corrected chi connectivity index (χ1v) is 2.67. The van der Waals surface area contributed by atoms with E-state index in [4.69, 9.17) is 10.2 Å². The van der Waals surface area contributed by atoms with Crippen LogP contribution in [0.2, 0.25) is 0 Å². The maximum Gasteiger partial charge on any atom is 2.00 e. The van der Waals surface area contributed by atoms with Crippen molar-refractivity contribution in [2.75, 3.05) is 14.2 Å². The van der Waals surface area contributed by atoms with Gasteiger partial charge in [-0.15, -0.1) is 0 Å². The molecule has 11 heavy (non-hydrogen) atoms.